The number of fused-ring (bicyclic) bond motifs is 1. The van der Waals surface area contributed by atoms with Crippen LogP contribution in [-0.4, -0.2) is 153 Å². The molecule has 0 aromatic carbocycles. The van der Waals surface area contributed by atoms with Crippen LogP contribution in [0.2, 0.25) is 0 Å². The van der Waals surface area contributed by atoms with E-state index in [1.807, 2.05) is 0 Å². The molecule has 0 aliphatic rings. The molecule has 28 N–H and O–H groups in total. The SMILES string of the molecule is C=Cc1nc(N)nc2c1ncn2CC(=O)N[C@@H](CCCN=C(N)N)C(=O)N[C@@H](CCCN=C(N)N)C(=O)N[C@@H](CCCN=C(N)N)C(=O)N[C@@H](CCCN=C(N)N)C(=O)N[C@@H](CCCN=C(N)N)C(=O)O. The van der Waals surface area contributed by atoms with Gasteiger partial charge in [-0.25, -0.2) is 14.8 Å². The lowest BCUT2D eigenvalue weighted by Crippen LogP contribution is -2.59. The number of amides is 5. The van der Waals surface area contributed by atoms with Gasteiger partial charge in [0.15, 0.2) is 35.4 Å². The Morgan fingerprint density at radius 3 is 1.20 bits per heavy atom. The molecule has 0 aliphatic carbocycles. The molecule has 0 fully saturated rings. The number of carbonyl (C=O) groups is 6. The molecule has 5 atom stereocenters. The van der Waals surface area contributed by atoms with Gasteiger partial charge in [-0.05, 0) is 70.3 Å². The summed E-state index contributed by atoms with van der Waals surface area (Å²) in [5.74, 6) is -6.62. The molecular formula is C39H69N25O7. The zero-order chi connectivity index (χ0) is 53.0. The molecule has 0 saturated carbocycles. The van der Waals surface area contributed by atoms with E-state index in [9.17, 15) is 33.9 Å². The van der Waals surface area contributed by atoms with Crippen LogP contribution in [0.15, 0.2) is 37.9 Å². The summed E-state index contributed by atoms with van der Waals surface area (Å²) in [7, 11) is 0. The van der Waals surface area contributed by atoms with Crippen LogP contribution in [0.1, 0.15) is 69.9 Å². The molecule has 32 nitrogen and oxygen atoms in total. The van der Waals surface area contributed by atoms with Gasteiger partial charge in [-0.1, -0.05) is 6.58 Å². The second-order valence-corrected chi connectivity index (χ2v) is 15.7. The minimum absolute atomic E-state index is 0.0153. The van der Waals surface area contributed by atoms with E-state index < -0.39 is 65.7 Å². The molecule has 5 amide bonds. The maximum Gasteiger partial charge on any atom is 0.326 e. The fraction of sp³-hybridized carbons (Fsp3) is 0.538. The molecule has 2 aromatic heterocycles. The maximum atomic E-state index is 14.3. The highest BCUT2D eigenvalue weighted by Gasteiger charge is 2.32. The Morgan fingerprint density at radius 2 is 0.873 bits per heavy atom. The second-order valence-electron chi connectivity index (χ2n) is 15.7. The Bertz CT molecular complexity index is 2280. The van der Waals surface area contributed by atoms with Crippen LogP contribution >= 0.6 is 0 Å². The number of hydrogen-bond donors (Lipinski definition) is 17. The Balaban J connectivity index is 2.49. The van der Waals surface area contributed by atoms with Gasteiger partial charge in [0.05, 0.1) is 12.0 Å². The Labute approximate surface area is 408 Å². The van der Waals surface area contributed by atoms with Crippen molar-refractivity contribution < 1.29 is 33.9 Å². The van der Waals surface area contributed by atoms with Crippen molar-refractivity contribution in [2.75, 3.05) is 38.5 Å². The molecule has 0 bridgehead atoms. The summed E-state index contributed by atoms with van der Waals surface area (Å²) in [6.45, 7) is 3.59. The van der Waals surface area contributed by atoms with Crippen LogP contribution in [0.4, 0.5) is 5.95 Å². The number of nitrogens with one attached hydrogen (secondary N) is 5. The van der Waals surface area contributed by atoms with E-state index >= 15 is 0 Å². The summed E-state index contributed by atoms with van der Waals surface area (Å²) in [6.07, 6.45) is 3.18. The van der Waals surface area contributed by atoms with E-state index in [-0.39, 0.29) is 145 Å². The number of nitrogen functional groups attached to an aromatic ring is 1. The van der Waals surface area contributed by atoms with Crippen LogP contribution < -0.4 is 89.7 Å². The fourth-order valence-electron chi connectivity index (χ4n) is 6.58. The van der Waals surface area contributed by atoms with Crippen molar-refractivity contribution in [2.24, 2.45) is 82.3 Å². The Morgan fingerprint density at radius 1 is 0.549 bits per heavy atom. The van der Waals surface area contributed by atoms with Crippen molar-refractivity contribution in [1.29, 1.82) is 0 Å². The van der Waals surface area contributed by atoms with Crippen molar-refractivity contribution in [3.05, 3.63) is 18.6 Å². The maximum absolute atomic E-state index is 14.3. The largest absolute Gasteiger partial charge is 0.480 e. The standard InChI is InChI=1S/C39H69N25O7/c1-2-20-27-28(63-39(50)62-20)64(19-56-27)18-26(65)57-21(8-3-13-51-34(40)41)29(66)58-22(9-4-14-52-35(42)43)30(67)59-23(10-5-15-53-36(44)45)31(68)60-24(11-6-16-54-37(46)47)32(69)61-25(33(70)71)12-7-17-55-38(48)49/h2,19,21-25H,1,3-18H2,(H,57,65)(H,58,66)(H,59,67)(H,60,68)(H,61,69)(H,70,71)(H4,40,41,51)(H4,42,43,52)(H4,44,45,53)(H4,46,47,54)(H4,48,49,55)(H2,50,62,63)/t21-,22-,23-,24-,25-/m0/s1. The van der Waals surface area contributed by atoms with E-state index in [0.29, 0.717) is 11.2 Å². The van der Waals surface area contributed by atoms with Crippen LogP contribution in [0.3, 0.4) is 0 Å². The molecule has 0 saturated heterocycles. The van der Waals surface area contributed by atoms with Crippen LogP contribution in [0.25, 0.3) is 17.2 Å². The number of aliphatic imine (C=N–C) groups is 5. The molecular weight excluding hydrogens is 931 g/mol. The molecule has 2 rings (SSSR count). The highest BCUT2D eigenvalue weighted by molar-refractivity contribution is 5.96. The zero-order valence-corrected chi connectivity index (χ0v) is 39.3. The number of aromatic nitrogens is 4. The third kappa shape index (κ3) is 22.7. The number of carboxylic acids is 1. The van der Waals surface area contributed by atoms with Gasteiger partial charge in [0, 0.05) is 32.7 Å². The number of nitrogens with zero attached hydrogens (tertiary/aromatic N) is 9. The number of aliphatic carboxylic acids is 1. The van der Waals surface area contributed by atoms with Crippen molar-refractivity contribution in [2.45, 2.75) is 101 Å². The summed E-state index contributed by atoms with van der Waals surface area (Å²) in [4.78, 5) is 114. The van der Waals surface area contributed by atoms with E-state index in [0.717, 1.165) is 0 Å². The number of carboxylic acid groups (broad SMARTS) is 1. The molecule has 2 aromatic rings. The molecule has 0 spiro atoms. The monoisotopic (exact) mass is 1000 g/mol. The predicted octanol–water partition coefficient (Wildman–Crippen LogP) is -7.17. The lowest BCUT2D eigenvalue weighted by atomic mass is 10.0. The van der Waals surface area contributed by atoms with E-state index in [1.54, 1.807) is 0 Å². The molecule has 0 unspecified atom stereocenters. The fourth-order valence-corrected chi connectivity index (χ4v) is 6.58. The lowest BCUT2D eigenvalue weighted by molar-refractivity contribution is -0.142. The smallest absolute Gasteiger partial charge is 0.326 e. The number of nitrogens with two attached hydrogens (primary N) is 11. The van der Waals surface area contributed by atoms with Crippen LogP contribution in [-0.2, 0) is 35.3 Å². The summed E-state index contributed by atoms with van der Waals surface area (Å²) in [5.41, 5.74) is 61.4. The number of hydrogen-bond acceptors (Lipinski definition) is 15. The molecule has 0 radical (unpaired) electrons. The van der Waals surface area contributed by atoms with Gasteiger partial charge in [0.25, 0.3) is 0 Å². The number of rotatable bonds is 33. The predicted molar refractivity (Wildman–Crippen MR) is 267 cm³/mol. The minimum Gasteiger partial charge on any atom is -0.480 e. The molecule has 2 heterocycles. The summed E-state index contributed by atoms with van der Waals surface area (Å²) >= 11 is 0. The first-order chi connectivity index (χ1) is 33.6. The molecule has 71 heavy (non-hydrogen) atoms. The highest BCUT2D eigenvalue weighted by Crippen LogP contribution is 2.17. The van der Waals surface area contributed by atoms with Gasteiger partial charge in [-0.2, -0.15) is 4.98 Å². The third-order valence-corrected chi connectivity index (χ3v) is 9.91. The number of imidazole rings is 1. The summed E-state index contributed by atoms with van der Waals surface area (Å²) in [6, 6.07) is -6.85. The highest BCUT2D eigenvalue weighted by atomic mass is 16.4. The van der Waals surface area contributed by atoms with Gasteiger partial charge >= 0.3 is 5.97 Å². The molecule has 32 heteroatoms. The van der Waals surface area contributed by atoms with Gasteiger partial charge in [-0.15, -0.1) is 0 Å². The molecule has 0 aliphatic heterocycles. The van der Waals surface area contributed by atoms with Gasteiger partial charge < -0.3 is 99.3 Å². The average molecular weight is 1000 g/mol. The Kier molecular flexibility index (Phi) is 25.2. The van der Waals surface area contributed by atoms with Crippen molar-refractivity contribution >= 4 is 88.5 Å². The van der Waals surface area contributed by atoms with Crippen LogP contribution in [0, 0.1) is 0 Å². The summed E-state index contributed by atoms with van der Waals surface area (Å²) < 4.78 is 1.39. The lowest BCUT2D eigenvalue weighted by Gasteiger charge is -2.27. The first-order valence-electron chi connectivity index (χ1n) is 22.2. The number of carbonyl (C=O) groups excluding carboxylic acids is 5. The average Bonchev–Trinajstić information content (AvgIpc) is 3.68. The third-order valence-electron chi connectivity index (χ3n) is 9.91. The second kappa shape index (κ2) is 30.6. The Hall–Kier alpha value is -8.74. The molecule has 392 valence electrons. The van der Waals surface area contributed by atoms with E-state index in [1.165, 1.54) is 17.0 Å². The van der Waals surface area contributed by atoms with E-state index in [4.69, 9.17) is 63.1 Å². The topological polar surface area (TPSA) is 574 Å². The van der Waals surface area contributed by atoms with Crippen molar-refractivity contribution in [3.8, 4) is 0 Å². The van der Waals surface area contributed by atoms with Crippen LogP contribution in [0.5, 0.6) is 0 Å². The first-order valence-corrected chi connectivity index (χ1v) is 22.2. The number of anilines is 1. The van der Waals surface area contributed by atoms with Gasteiger partial charge in [0.1, 0.15) is 42.3 Å². The van der Waals surface area contributed by atoms with Gasteiger partial charge in [0.2, 0.25) is 35.5 Å². The normalized spacial score (nSPS) is 12.8. The van der Waals surface area contributed by atoms with Crippen molar-refractivity contribution in [1.82, 2.24) is 46.1 Å². The zero-order valence-electron chi connectivity index (χ0n) is 39.3. The first kappa shape index (κ1) is 58.4. The summed E-state index contributed by atoms with van der Waals surface area (Å²) in [5, 5.41) is 22.9. The quantitative estimate of drug-likeness (QED) is 0.0179. The minimum atomic E-state index is -1.41. The number of guanidine groups is 5. The van der Waals surface area contributed by atoms with Gasteiger partial charge in [-0.3, -0.25) is 48.9 Å². The van der Waals surface area contributed by atoms with E-state index in [2.05, 4.69) is 73.1 Å². The van der Waals surface area contributed by atoms with Crippen molar-refractivity contribution in [3.63, 3.8) is 0 Å².